The Morgan fingerprint density at radius 3 is 2.46 bits per heavy atom. The van der Waals surface area contributed by atoms with Crippen LogP contribution < -0.4 is 10.2 Å². The number of fused-ring (bicyclic) bond motifs is 6. The Labute approximate surface area is 298 Å². The molecule has 1 aliphatic carbocycles. The zero-order valence-electron chi connectivity index (χ0n) is 28.1. The number of aromatic carboxylic acids is 1. The highest BCUT2D eigenvalue weighted by Crippen LogP contribution is 2.43. The lowest BCUT2D eigenvalue weighted by Gasteiger charge is -2.34. The van der Waals surface area contributed by atoms with Crippen molar-refractivity contribution in [1.29, 1.82) is 0 Å². The molecule has 12 heteroatoms. The molecule has 1 saturated carbocycles. The lowest BCUT2D eigenvalue weighted by Crippen LogP contribution is -2.51. The summed E-state index contributed by atoms with van der Waals surface area (Å²) in [6.07, 6.45) is 3.19. The van der Waals surface area contributed by atoms with E-state index in [1.807, 2.05) is 71.4 Å². The number of para-hydroxylation sites is 1. The first-order valence-electron chi connectivity index (χ1n) is 17.0. The number of phenols is 1. The van der Waals surface area contributed by atoms with Crippen molar-refractivity contribution in [3.63, 3.8) is 0 Å². The standard InChI is InChI=1S/C29H26FN7O.C11H8O3/c1-35-28(38)25-26(31-20-7-3-2-4-8-20)36(34-27(25)37-23-11-5-10-22(23)33-29(35)37)17-18-13-15-19(16-14-18)21-9-6-12-24(30)32-21;12-10-8-4-2-1-3-7(8)5-6-9(10)11(13)14/h2-4,6-9,12-16,22-23,31H,5,10-11,17H2,1H3;1-6,12H,(H,13,14)/t22-,23+;/m1./s1. The van der Waals surface area contributed by atoms with E-state index in [1.54, 1.807) is 42.3 Å². The van der Waals surface area contributed by atoms with Crippen LogP contribution in [0.1, 0.15) is 45.5 Å². The molecule has 3 N–H and O–H groups in total. The van der Waals surface area contributed by atoms with Crippen LogP contribution in [0.15, 0.2) is 114 Å². The van der Waals surface area contributed by atoms with E-state index in [1.165, 1.54) is 12.1 Å². The third-order valence-electron chi connectivity index (χ3n) is 9.72. The van der Waals surface area contributed by atoms with Crippen molar-refractivity contribution in [1.82, 2.24) is 19.7 Å². The maximum Gasteiger partial charge on any atom is 0.339 e. The summed E-state index contributed by atoms with van der Waals surface area (Å²) in [6, 6.07) is 33.0. The lowest BCUT2D eigenvalue weighted by atomic mass is 10.1. The number of hydrogen-bond donors (Lipinski definition) is 3. The van der Waals surface area contributed by atoms with Crippen LogP contribution in [0.4, 0.5) is 21.7 Å². The predicted octanol–water partition coefficient (Wildman–Crippen LogP) is 7.30. The Morgan fingerprint density at radius 2 is 1.69 bits per heavy atom. The first-order chi connectivity index (χ1) is 25.3. The predicted molar refractivity (Wildman–Crippen MR) is 197 cm³/mol. The zero-order chi connectivity index (χ0) is 35.9. The van der Waals surface area contributed by atoms with E-state index < -0.39 is 11.9 Å². The number of pyridine rings is 1. The van der Waals surface area contributed by atoms with E-state index in [-0.39, 0.29) is 29.3 Å². The molecular weight excluding hydrogens is 661 g/mol. The van der Waals surface area contributed by atoms with E-state index in [0.717, 1.165) is 41.5 Å². The molecule has 260 valence electrons. The summed E-state index contributed by atoms with van der Waals surface area (Å²) in [4.78, 5) is 37.1. The number of carbonyl (C=O) groups is 2. The largest absolute Gasteiger partial charge is 0.506 e. The molecule has 0 radical (unpaired) electrons. The second-order valence-corrected chi connectivity index (χ2v) is 13.0. The minimum absolute atomic E-state index is 0.0660. The van der Waals surface area contributed by atoms with E-state index in [2.05, 4.69) is 15.2 Å². The number of carbonyl (C=O) groups excluding carboxylic acids is 1. The maximum absolute atomic E-state index is 13.7. The van der Waals surface area contributed by atoms with Gasteiger partial charge >= 0.3 is 5.97 Å². The number of nitrogens with zero attached hydrogens (tertiary/aromatic N) is 6. The fourth-order valence-electron chi connectivity index (χ4n) is 7.16. The van der Waals surface area contributed by atoms with Crippen LogP contribution in [0.3, 0.4) is 0 Å². The molecule has 1 amide bonds. The molecule has 9 rings (SSSR count). The number of aliphatic imine (C=N–C) groups is 1. The topological polar surface area (TPSA) is 136 Å². The molecule has 0 saturated heterocycles. The maximum atomic E-state index is 13.7. The molecule has 3 aliphatic rings. The van der Waals surface area contributed by atoms with Crippen LogP contribution in [-0.4, -0.2) is 66.8 Å². The molecule has 4 aromatic carbocycles. The van der Waals surface area contributed by atoms with Gasteiger partial charge < -0.3 is 15.5 Å². The van der Waals surface area contributed by atoms with Gasteiger partial charge in [0.15, 0.2) is 5.82 Å². The smallest absolute Gasteiger partial charge is 0.339 e. The Kier molecular flexibility index (Phi) is 8.34. The molecule has 2 aliphatic heterocycles. The molecule has 6 aromatic rings. The third kappa shape index (κ3) is 5.87. The van der Waals surface area contributed by atoms with Crippen LogP contribution in [0.25, 0.3) is 22.0 Å². The Balaban J connectivity index is 0.000000232. The number of carboxylic acid groups (broad SMARTS) is 1. The van der Waals surface area contributed by atoms with Gasteiger partial charge in [0, 0.05) is 23.7 Å². The number of aromatic nitrogens is 3. The van der Waals surface area contributed by atoms with Gasteiger partial charge in [-0.05, 0) is 60.5 Å². The van der Waals surface area contributed by atoms with Gasteiger partial charge in [0.2, 0.25) is 11.9 Å². The van der Waals surface area contributed by atoms with Crippen molar-refractivity contribution in [3.05, 3.63) is 132 Å². The lowest BCUT2D eigenvalue weighted by molar-refractivity contribution is 0.0693. The first kappa shape index (κ1) is 32.6. The van der Waals surface area contributed by atoms with Crippen molar-refractivity contribution in [3.8, 4) is 17.0 Å². The van der Waals surface area contributed by atoms with Gasteiger partial charge in [-0.2, -0.15) is 9.49 Å². The van der Waals surface area contributed by atoms with Crippen molar-refractivity contribution in [2.24, 2.45) is 4.99 Å². The quantitative estimate of drug-likeness (QED) is 0.155. The average Bonchev–Trinajstić information content (AvgIpc) is 3.86. The summed E-state index contributed by atoms with van der Waals surface area (Å²) in [5, 5.41) is 28.3. The minimum Gasteiger partial charge on any atom is -0.506 e. The van der Waals surface area contributed by atoms with Gasteiger partial charge in [-0.25, -0.2) is 19.5 Å². The van der Waals surface area contributed by atoms with E-state index in [9.17, 15) is 19.1 Å². The van der Waals surface area contributed by atoms with Gasteiger partial charge in [-0.15, -0.1) is 0 Å². The van der Waals surface area contributed by atoms with Crippen LogP contribution in [-0.2, 0) is 6.54 Å². The van der Waals surface area contributed by atoms with Crippen molar-refractivity contribution < 1.29 is 24.2 Å². The molecule has 0 spiro atoms. The number of guanidine groups is 1. The summed E-state index contributed by atoms with van der Waals surface area (Å²) in [6.45, 7) is 0.449. The molecule has 0 unspecified atom stereocenters. The number of halogens is 1. The fraction of sp³-hybridized carbons (Fsp3) is 0.175. The average molecular weight is 696 g/mol. The van der Waals surface area contributed by atoms with Gasteiger partial charge in [-0.1, -0.05) is 78.9 Å². The Morgan fingerprint density at radius 1 is 0.923 bits per heavy atom. The second kappa shape index (κ2) is 13.3. The number of rotatable bonds is 6. The highest BCUT2D eigenvalue weighted by molar-refractivity contribution is 6.21. The van der Waals surface area contributed by atoms with Crippen molar-refractivity contribution in [2.45, 2.75) is 37.9 Å². The molecule has 0 bridgehead atoms. The van der Waals surface area contributed by atoms with Gasteiger partial charge in [0.1, 0.15) is 22.7 Å². The molecule has 2 aromatic heterocycles. The van der Waals surface area contributed by atoms with Gasteiger partial charge in [0.05, 0.1) is 24.3 Å². The second-order valence-electron chi connectivity index (χ2n) is 13.0. The number of nitrogens with one attached hydrogen (secondary N) is 1. The van der Waals surface area contributed by atoms with Crippen LogP contribution >= 0.6 is 0 Å². The van der Waals surface area contributed by atoms with Crippen LogP contribution in [0.5, 0.6) is 5.75 Å². The number of carboxylic acids is 1. The van der Waals surface area contributed by atoms with E-state index in [4.69, 9.17) is 15.2 Å². The van der Waals surface area contributed by atoms with E-state index >= 15 is 0 Å². The first-order valence-corrected chi connectivity index (χ1v) is 17.0. The third-order valence-corrected chi connectivity index (χ3v) is 9.72. The Hall–Kier alpha value is -6.56. The van der Waals surface area contributed by atoms with Crippen LogP contribution in [0.2, 0.25) is 0 Å². The highest BCUT2D eigenvalue weighted by Gasteiger charge is 2.49. The fourth-order valence-corrected chi connectivity index (χ4v) is 7.16. The normalized spacial score (nSPS) is 17.2. The molecular formula is C40H34FN7O4. The summed E-state index contributed by atoms with van der Waals surface area (Å²) in [7, 11) is 1.79. The van der Waals surface area contributed by atoms with Crippen molar-refractivity contribution in [2.75, 3.05) is 17.3 Å². The van der Waals surface area contributed by atoms with Crippen molar-refractivity contribution >= 4 is 45.9 Å². The highest BCUT2D eigenvalue weighted by atomic mass is 19.1. The molecule has 11 nitrogen and oxygen atoms in total. The number of amides is 1. The molecule has 1 fully saturated rings. The number of aromatic hydroxyl groups is 1. The summed E-state index contributed by atoms with van der Waals surface area (Å²) in [5.41, 5.74) is 3.78. The molecule has 4 heterocycles. The Bertz CT molecular complexity index is 2360. The number of hydrogen-bond acceptors (Lipinski definition) is 8. The summed E-state index contributed by atoms with van der Waals surface area (Å²) >= 11 is 0. The number of anilines is 3. The van der Waals surface area contributed by atoms with Gasteiger partial charge in [0.25, 0.3) is 5.91 Å². The summed E-state index contributed by atoms with van der Waals surface area (Å²) in [5.74, 6) is 0.102. The van der Waals surface area contributed by atoms with Crippen LogP contribution in [0, 0.1) is 5.95 Å². The van der Waals surface area contributed by atoms with Gasteiger partial charge in [-0.3, -0.25) is 14.6 Å². The van der Waals surface area contributed by atoms with E-state index in [0.29, 0.717) is 40.8 Å². The minimum atomic E-state index is -1.12. The molecule has 2 atom stereocenters. The summed E-state index contributed by atoms with van der Waals surface area (Å²) < 4.78 is 15.5. The SMILES string of the molecule is CN1C(=O)c2c(nn(Cc3ccc(-c4cccc(F)n4)cc3)c2Nc2ccccc2)N2C1=N[C@@H]1CCC[C@@H]12.O=C(O)c1ccc2ccccc2c1O. The zero-order valence-corrected chi connectivity index (χ0v) is 28.1. The number of benzene rings is 4. The monoisotopic (exact) mass is 695 g/mol. The molecule has 52 heavy (non-hydrogen) atoms.